The van der Waals surface area contributed by atoms with Crippen LogP contribution in [0.15, 0.2) is 60.1 Å². The number of hydrogen-bond donors (Lipinski definition) is 1. The van der Waals surface area contributed by atoms with E-state index in [0.717, 1.165) is 52.7 Å². The van der Waals surface area contributed by atoms with Gasteiger partial charge in [-0.05, 0) is 44.0 Å². The zero-order valence-electron chi connectivity index (χ0n) is 15.0. The number of hydrogen-bond acceptors (Lipinski definition) is 5. The summed E-state index contributed by atoms with van der Waals surface area (Å²) in [5, 5.41) is 8.26. The van der Waals surface area contributed by atoms with Gasteiger partial charge in [-0.15, -0.1) is 0 Å². The maximum atomic E-state index is 12.8. The number of nitrogens with zero attached hydrogens (tertiary/aromatic N) is 4. The largest absolute Gasteiger partial charge is 0.343 e. The molecule has 4 heterocycles. The van der Waals surface area contributed by atoms with Crippen molar-refractivity contribution >= 4 is 11.6 Å². The second-order valence-electron chi connectivity index (χ2n) is 6.93. The van der Waals surface area contributed by atoms with Gasteiger partial charge < -0.3 is 5.32 Å². The number of aryl methyl sites for hydroxylation is 1. The summed E-state index contributed by atoms with van der Waals surface area (Å²) in [6.45, 7) is 1.98. The number of fused-ring (bicyclic) bond motifs is 1. The number of aromatic nitrogens is 4. The molecule has 6 nitrogen and oxygen atoms in total. The predicted octanol–water partition coefficient (Wildman–Crippen LogP) is 3.54. The van der Waals surface area contributed by atoms with E-state index in [1.54, 1.807) is 12.4 Å². The van der Waals surface area contributed by atoms with Gasteiger partial charge in [-0.25, -0.2) is 4.98 Å². The van der Waals surface area contributed by atoms with Crippen molar-refractivity contribution in [3.05, 3.63) is 77.0 Å². The fourth-order valence-corrected chi connectivity index (χ4v) is 4.11. The summed E-state index contributed by atoms with van der Waals surface area (Å²) in [6.07, 6.45) is 5.85. The highest BCUT2D eigenvalue weighted by molar-refractivity contribution is 6.01. The maximum absolute atomic E-state index is 12.8. The first-order valence-corrected chi connectivity index (χ1v) is 9.19. The van der Waals surface area contributed by atoms with Crippen LogP contribution in [-0.4, -0.2) is 25.5 Å². The summed E-state index contributed by atoms with van der Waals surface area (Å²) < 4.78 is 1.84. The summed E-state index contributed by atoms with van der Waals surface area (Å²) in [7, 11) is 0. The van der Waals surface area contributed by atoms with E-state index in [1.165, 1.54) is 0 Å². The first-order valence-electron chi connectivity index (χ1n) is 9.19. The highest BCUT2D eigenvalue weighted by atomic mass is 16.1. The van der Waals surface area contributed by atoms with Crippen LogP contribution in [0.3, 0.4) is 0 Å². The van der Waals surface area contributed by atoms with Crippen molar-refractivity contribution in [3.8, 4) is 5.82 Å². The van der Waals surface area contributed by atoms with E-state index in [4.69, 9.17) is 5.10 Å². The van der Waals surface area contributed by atoms with E-state index in [2.05, 4.69) is 15.3 Å². The maximum Gasteiger partial charge on any atom is 0.161 e. The molecule has 5 rings (SSSR count). The van der Waals surface area contributed by atoms with Crippen molar-refractivity contribution < 1.29 is 4.79 Å². The number of ketones is 1. The number of Topliss-reactive ketones (excluding diaryl/α,β-unsaturated/α-hetero) is 1. The standard InChI is InChI=1S/C21H19N5O/c1-13-18-20(14-7-2-4-11-22-14)19-15(8-6-9-16(19)27)24-21(18)26(25-13)17-10-3-5-12-23-17/h2-5,7,10-12,20,24H,6,8-9H2,1H3/t20-/m1/s1. The SMILES string of the molecule is Cc1nn(-c2ccccn2)c2c1[C@@H](c1ccccn1)C1=C(CCCC1=O)N2. The Morgan fingerprint density at radius 2 is 1.89 bits per heavy atom. The van der Waals surface area contributed by atoms with Gasteiger partial charge in [-0.3, -0.25) is 9.78 Å². The molecule has 0 aromatic carbocycles. The van der Waals surface area contributed by atoms with Crippen LogP contribution in [0.5, 0.6) is 0 Å². The van der Waals surface area contributed by atoms with Crippen molar-refractivity contribution in [1.82, 2.24) is 19.7 Å². The first kappa shape index (κ1) is 15.9. The van der Waals surface area contributed by atoms with Gasteiger partial charge in [0.25, 0.3) is 0 Å². The summed E-state index contributed by atoms with van der Waals surface area (Å²) in [4.78, 5) is 21.9. The molecule has 1 aliphatic carbocycles. The average Bonchev–Trinajstić information content (AvgIpc) is 3.04. The molecule has 0 fully saturated rings. The number of nitrogens with one attached hydrogen (secondary N) is 1. The Labute approximate surface area is 157 Å². The molecule has 0 saturated carbocycles. The Kier molecular flexibility index (Phi) is 3.63. The van der Waals surface area contributed by atoms with Crippen molar-refractivity contribution in [3.63, 3.8) is 0 Å². The molecule has 1 N–H and O–H groups in total. The van der Waals surface area contributed by atoms with Crippen molar-refractivity contribution in [2.75, 3.05) is 5.32 Å². The van der Waals surface area contributed by atoms with Gasteiger partial charge in [0.1, 0.15) is 5.82 Å². The van der Waals surface area contributed by atoms with Crippen LogP contribution in [0.25, 0.3) is 5.82 Å². The second-order valence-corrected chi connectivity index (χ2v) is 6.93. The van der Waals surface area contributed by atoms with Crippen LogP contribution < -0.4 is 5.32 Å². The van der Waals surface area contributed by atoms with Crippen LogP contribution in [0, 0.1) is 6.92 Å². The summed E-state index contributed by atoms with van der Waals surface area (Å²) >= 11 is 0. The third kappa shape index (κ3) is 2.48. The van der Waals surface area contributed by atoms with Crippen LogP contribution >= 0.6 is 0 Å². The van der Waals surface area contributed by atoms with Gasteiger partial charge in [0.05, 0.1) is 17.3 Å². The Balaban J connectivity index is 1.76. The van der Waals surface area contributed by atoms with E-state index < -0.39 is 0 Å². The molecule has 3 aromatic heterocycles. The van der Waals surface area contributed by atoms with Crippen LogP contribution in [0.2, 0.25) is 0 Å². The van der Waals surface area contributed by atoms with E-state index >= 15 is 0 Å². The normalized spacial score (nSPS) is 18.7. The molecule has 0 saturated heterocycles. The fourth-order valence-electron chi connectivity index (χ4n) is 4.11. The van der Waals surface area contributed by atoms with Gasteiger partial charge in [-0.2, -0.15) is 9.78 Å². The molecule has 3 aromatic rings. The highest BCUT2D eigenvalue weighted by Crippen LogP contribution is 2.46. The Morgan fingerprint density at radius 1 is 1.07 bits per heavy atom. The second kappa shape index (κ2) is 6.16. The smallest absolute Gasteiger partial charge is 0.161 e. The third-order valence-electron chi connectivity index (χ3n) is 5.26. The molecule has 6 heteroatoms. The van der Waals surface area contributed by atoms with Gasteiger partial charge in [0, 0.05) is 35.6 Å². The first-order chi connectivity index (χ1) is 13.2. The number of rotatable bonds is 2. The monoisotopic (exact) mass is 357 g/mol. The molecular formula is C21H19N5O. The Morgan fingerprint density at radius 3 is 2.63 bits per heavy atom. The van der Waals surface area contributed by atoms with E-state index in [9.17, 15) is 4.79 Å². The van der Waals surface area contributed by atoms with Crippen LogP contribution in [0.1, 0.15) is 42.1 Å². The minimum atomic E-state index is -0.192. The van der Waals surface area contributed by atoms with Crippen molar-refractivity contribution in [2.45, 2.75) is 32.1 Å². The van der Waals surface area contributed by atoms with Crippen LogP contribution in [0.4, 0.5) is 5.82 Å². The van der Waals surface area contributed by atoms with Gasteiger partial charge in [0.2, 0.25) is 0 Å². The topological polar surface area (TPSA) is 72.7 Å². The van der Waals surface area contributed by atoms with Gasteiger partial charge in [0.15, 0.2) is 11.6 Å². The number of allylic oxidation sites excluding steroid dienone is 2. The number of carbonyl (C=O) groups is 1. The van der Waals surface area contributed by atoms with Crippen molar-refractivity contribution in [2.24, 2.45) is 0 Å². The molecule has 0 spiro atoms. The van der Waals surface area contributed by atoms with Crippen molar-refractivity contribution in [1.29, 1.82) is 0 Å². The van der Waals surface area contributed by atoms with Gasteiger partial charge >= 0.3 is 0 Å². The zero-order chi connectivity index (χ0) is 18.4. The number of carbonyl (C=O) groups excluding carboxylic acids is 1. The van der Waals surface area contributed by atoms with E-state index in [1.807, 2.05) is 48.0 Å². The fraction of sp³-hybridized carbons (Fsp3) is 0.238. The lowest BCUT2D eigenvalue weighted by Gasteiger charge is -2.32. The number of anilines is 1. The minimum absolute atomic E-state index is 0.192. The lowest BCUT2D eigenvalue weighted by atomic mass is 9.78. The highest BCUT2D eigenvalue weighted by Gasteiger charge is 2.39. The third-order valence-corrected chi connectivity index (χ3v) is 5.26. The summed E-state index contributed by atoms with van der Waals surface area (Å²) in [5.41, 5.74) is 4.60. The Hall–Kier alpha value is -3.28. The number of pyridine rings is 2. The summed E-state index contributed by atoms with van der Waals surface area (Å²) in [6, 6.07) is 11.6. The molecule has 1 atom stereocenters. The average molecular weight is 357 g/mol. The quantitative estimate of drug-likeness (QED) is 0.759. The molecule has 0 bridgehead atoms. The van der Waals surface area contributed by atoms with Gasteiger partial charge in [-0.1, -0.05) is 12.1 Å². The predicted molar refractivity (Wildman–Crippen MR) is 102 cm³/mol. The Bertz CT molecular complexity index is 1050. The lowest BCUT2D eigenvalue weighted by Crippen LogP contribution is -2.28. The summed E-state index contributed by atoms with van der Waals surface area (Å²) in [5.74, 6) is 1.65. The molecule has 0 amide bonds. The molecule has 134 valence electrons. The molecular weight excluding hydrogens is 338 g/mol. The molecule has 0 unspecified atom stereocenters. The molecule has 2 aliphatic rings. The minimum Gasteiger partial charge on any atom is -0.343 e. The van der Waals surface area contributed by atoms with Crippen LogP contribution in [-0.2, 0) is 4.79 Å². The van der Waals surface area contributed by atoms with E-state index in [-0.39, 0.29) is 11.7 Å². The van der Waals surface area contributed by atoms with E-state index in [0.29, 0.717) is 6.42 Å². The molecule has 27 heavy (non-hydrogen) atoms. The molecule has 0 radical (unpaired) electrons. The zero-order valence-corrected chi connectivity index (χ0v) is 15.0. The lowest BCUT2D eigenvalue weighted by molar-refractivity contribution is -0.116. The molecule has 1 aliphatic heterocycles.